The van der Waals surface area contributed by atoms with E-state index in [0.717, 1.165) is 64.2 Å². The fourth-order valence-corrected chi connectivity index (χ4v) is 4.64. The van der Waals surface area contributed by atoms with Gasteiger partial charge in [0.2, 0.25) is 0 Å². The first-order valence-electron chi connectivity index (χ1n) is 10.4. The summed E-state index contributed by atoms with van der Waals surface area (Å²) in [7, 11) is 0. The minimum absolute atomic E-state index is 0.342. The SMILES string of the molecule is Cc1nc(C)c(CCc2nc(OCCCc3ccc4ccccc4n3)nc(Cl)c2C)s1. The summed E-state index contributed by atoms with van der Waals surface area (Å²) in [5, 5.41) is 2.70. The molecular weight excluding hydrogens is 428 g/mol. The van der Waals surface area contributed by atoms with Crippen molar-refractivity contribution < 1.29 is 4.74 Å². The molecule has 160 valence electrons. The molecule has 7 heteroatoms. The van der Waals surface area contributed by atoms with Crippen LogP contribution in [0.3, 0.4) is 0 Å². The maximum absolute atomic E-state index is 6.35. The van der Waals surface area contributed by atoms with Gasteiger partial charge in [0.15, 0.2) is 0 Å². The molecule has 0 amide bonds. The number of ether oxygens (including phenoxy) is 1. The first-order valence-corrected chi connectivity index (χ1v) is 11.6. The van der Waals surface area contributed by atoms with Crippen molar-refractivity contribution in [1.82, 2.24) is 19.9 Å². The molecule has 0 radical (unpaired) electrons. The predicted molar refractivity (Wildman–Crippen MR) is 126 cm³/mol. The molecule has 31 heavy (non-hydrogen) atoms. The number of pyridine rings is 1. The number of thiazole rings is 1. The molecule has 3 heterocycles. The first-order chi connectivity index (χ1) is 15.0. The molecule has 0 fully saturated rings. The average Bonchev–Trinajstić information content (AvgIpc) is 3.09. The van der Waals surface area contributed by atoms with Gasteiger partial charge in [0.1, 0.15) is 5.15 Å². The largest absolute Gasteiger partial charge is 0.463 e. The molecule has 0 N–H and O–H groups in total. The summed E-state index contributed by atoms with van der Waals surface area (Å²) in [4.78, 5) is 19.4. The van der Waals surface area contributed by atoms with Crippen molar-refractivity contribution in [3.05, 3.63) is 74.1 Å². The van der Waals surface area contributed by atoms with Crippen molar-refractivity contribution in [3.63, 3.8) is 0 Å². The van der Waals surface area contributed by atoms with Crippen LogP contribution < -0.4 is 4.74 Å². The molecule has 0 unspecified atom stereocenters. The Morgan fingerprint density at radius 1 is 0.903 bits per heavy atom. The van der Waals surface area contributed by atoms with E-state index in [4.69, 9.17) is 21.3 Å². The molecule has 0 bridgehead atoms. The Balaban J connectivity index is 1.35. The highest BCUT2D eigenvalue weighted by molar-refractivity contribution is 7.11. The average molecular weight is 453 g/mol. The van der Waals surface area contributed by atoms with Crippen molar-refractivity contribution in [3.8, 4) is 6.01 Å². The van der Waals surface area contributed by atoms with Crippen LogP contribution in [-0.2, 0) is 19.3 Å². The van der Waals surface area contributed by atoms with Gasteiger partial charge in [0.05, 0.1) is 28.5 Å². The third-order valence-electron chi connectivity index (χ3n) is 5.22. The summed E-state index contributed by atoms with van der Waals surface area (Å²) in [5.41, 5.74) is 5.01. The van der Waals surface area contributed by atoms with Gasteiger partial charge in [-0.15, -0.1) is 11.3 Å². The van der Waals surface area contributed by atoms with Gasteiger partial charge in [0.25, 0.3) is 0 Å². The van der Waals surface area contributed by atoms with Gasteiger partial charge in [-0.25, -0.2) is 4.98 Å². The monoisotopic (exact) mass is 452 g/mol. The van der Waals surface area contributed by atoms with Crippen LogP contribution in [0.15, 0.2) is 36.4 Å². The smallest absolute Gasteiger partial charge is 0.318 e. The lowest BCUT2D eigenvalue weighted by molar-refractivity contribution is 0.285. The van der Waals surface area contributed by atoms with E-state index < -0.39 is 0 Å². The Hall–Kier alpha value is -2.57. The van der Waals surface area contributed by atoms with E-state index in [1.54, 1.807) is 11.3 Å². The van der Waals surface area contributed by atoms with E-state index >= 15 is 0 Å². The molecule has 0 aliphatic carbocycles. The van der Waals surface area contributed by atoms with Crippen LogP contribution in [-0.4, -0.2) is 26.5 Å². The van der Waals surface area contributed by atoms with Crippen LogP contribution >= 0.6 is 22.9 Å². The molecule has 0 aliphatic heterocycles. The van der Waals surface area contributed by atoms with Gasteiger partial charge >= 0.3 is 6.01 Å². The molecule has 0 saturated heterocycles. The van der Waals surface area contributed by atoms with Crippen molar-refractivity contribution in [2.24, 2.45) is 0 Å². The summed E-state index contributed by atoms with van der Waals surface area (Å²) in [6.07, 6.45) is 3.34. The predicted octanol–water partition coefficient (Wildman–Crippen LogP) is 5.86. The lowest BCUT2D eigenvalue weighted by atomic mass is 10.1. The van der Waals surface area contributed by atoms with Crippen molar-refractivity contribution in [1.29, 1.82) is 0 Å². The number of hydrogen-bond acceptors (Lipinski definition) is 6. The van der Waals surface area contributed by atoms with Crippen LogP contribution in [0.1, 0.15) is 39.0 Å². The Bertz CT molecular complexity index is 1210. The van der Waals surface area contributed by atoms with Gasteiger partial charge in [0, 0.05) is 21.5 Å². The quantitative estimate of drug-likeness (QED) is 0.247. The number of nitrogens with zero attached hydrogens (tertiary/aromatic N) is 4. The summed E-state index contributed by atoms with van der Waals surface area (Å²) in [6.45, 7) is 6.56. The maximum Gasteiger partial charge on any atom is 0.318 e. The Morgan fingerprint density at radius 2 is 1.74 bits per heavy atom. The van der Waals surface area contributed by atoms with Crippen LogP contribution in [0.4, 0.5) is 0 Å². The van der Waals surface area contributed by atoms with Gasteiger partial charge in [-0.2, -0.15) is 9.97 Å². The number of fused-ring (bicyclic) bond motifs is 1. The molecular formula is C24H25ClN4OS. The normalized spacial score (nSPS) is 11.2. The Kier molecular flexibility index (Phi) is 6.78. The fraction of sp³-hybridized carbons (Fsp3) is 0.333. The second-order valence-electron chi connectivity index (χ2n) is 7.56. The van der Waals surface area contributed by atoms with Crippen molar-refractivity contribution >= 4 is 33.8 Å². The summed E-state index contributed by atoms with van der Waals surface area (Å²) >= 11 is 8.09. The van der Waals surface area contributed by atoms with E-state index in [0.29, 0.717) is 17.8 Å². The molecule has 4 aromatic rings. The second-order valence-corrected chi connectivity index (χ2v) is 9.20. The van der Waals surface area contributed by atoms with Gasteiger partial charge in [-0.1, -0.05) is 35.9 Å². The minimum Gasteiger partial charge on any atom is -0.463 e. The van der Waals surface area contributed by atoms with E-state index in [1.165, 1.54) is 4.88 Å². The Labute approximate surface area is 191 Å². The number of rotatable bonds is 8. The highest BCUT2D eigenvalue weighted by Gasteiger charge is 2.13. The van der Waals surface area contributed by atoms with E-state index in [-0.39, 0.29) is 0 Å². The zero-order chi connectivity index (χ0) is 21.8. The second kappa shape index (κ2) is 9.71. The third kappa shape index (κ3) is 5.38. The lowest BCUT2D eigenvalue weighted by Gasteiger charge is -2.10. The van der Waals surface area contributed by atoms with Crippen LogP contribution in [0, 0.1) is 20.8 Å². The number of hydrogen-bond donors (Lipinski definition) is 0. The Morgan fingerprint density at radius 3 is 2.55 bits per heavy atom. The number of aromatic nitrogens is 4. The summed E-state index contributed by atoms with van der Waals surface area (Å²) in [6, 6.07) is 12.7. The number of para-hydroxylation sites is 1. The highest BCUT2D eigenvalue weighted by Crippen LogP contribution is 2.23. The molecule has 0 aliphatic rings. The standard InChI is InChI=1S/C24H25ClN4OS/c1-15-20(12-13-22-16(2)26-17(3)31-22)28-24(29-23(15)25)30-14-6-8-19-11-10-18-7-4-5-9-21(18)27-19/h4-5,7,9-11H,6,8,12-14H2,1-3H3. The third-order valence-corrected chi connectivity index (χ3v) is 6.72. The van der Waals surface area contributed by atoms with Crippen LogP contribution in [0.5, 0.6) is 6.01 Å². The zero-order valence-electron chi connectivity index (χ0n) is 18.0. The molecule has 3 aromatic heterocycles. The van der Waals surface area contributed by atoms with Gasteiger partial charge in [-0.3, -0.25) is 4.98 Å². The minimum atomic E-state index is 0.342. The molecule has 0 atom stereocenters. The fourth-order valence-electron chi connectivity index (χ4n) is 3.52. The topological polar surface area (TPSA) is 60.8 Å². The summed E-state index contributed by atoms with van der Waals surface area (Å²) < 4.78 is 5.83. The highest BCUT2D eigenvalue weighted by atomic mass is 35.5. The van der Waals surface area contributed by atoms with Crippen LogP contribution in [0.25, 0.3) is 10.9 Å². The van der Waals surface area contributed by atoms with Crippen molar-refractivity contribution in [2.45, 2.75) is 46.5 Å². The molecule has 4 rings (SSSR count). The number of aryl methyl sites for hydroxylation is 5. The van der Waals surface area contributed by atoms with Gasteiger partial charge < -0.3 is 4.74 Å². The number of halogens is 1. The molecule has 0 spiro atoms. The van der Waals surface area contributed by atoms with E-state index in [2.05, 4.69) is 40.1 Å². The van der Waals surface area contributed by atoms with E-state index in [9.17, 15) is 0 Å². The van der Waals surface area contributed by atoms with Crippen molar-refractivity contribution in [2.75, 3.05) is 6.61 Å². The lowest BCUT2D eigenvalue weighted by Crippen LogP contribution is -2.07. The molecule has 5 nitrogen and oxygen atoms in total. The summed E-state index contributed by atoms with van der Waals surface area (Å²) in [5.74, 6) is 0. The number of benzene rings is 1. The maximum atomic E-state index is 6.35. The zero-order valence-corrected chi connectivity index (χ0v) is 19.6. The molecule has 0 saturated carbocycles. The first kappa shape index (κ1) is 21.7. The van der Waals surface area contributed by atoms with Crippen LogP contribution in [0.2, 0.25) is 5.15 Å². The van der Waals surface area contributed by atoms with E-state index in [1.807, 2.05) is 32.0 Å². The molecule has 1 aromatic carbocycles. The van der Waals surface area contributed by atoms with Gasteiger partial charge in [-0.05, 0) is 58.6 Å².